The first-order valence-electron chi connectivity index (χ1n) is 11.6. The number of aromatic nitrogens is 1. The highest BCUT2D eigenvalue weighted by molar-refractivity contribution is 5.94. The predicted molar refractivity (Wildman–Crippen MR) is 132 cm³/mol. The summed E-state index contributed by atoms with van der Waals surface area (Å²) in [6.07, 6.45) is 1.73. The second kappa shape index (κ2) is 12.7. The number of para-hydroxylation sites is 1. The second-order valence-electron chi connectivity index (χ2n) is 9.04. The number of hydrogen-bond acceptors (Lipinski definition) is 6. The zero-order chi connectivity index (χ0) is 27.0. The fourth-order valence-corrected chi connectivity index (χ4v) is 3.61. The van der Waals surface area contributed by atoms with Gasteiger partial charge in [0.15, 0.2) is 0 Å². The van der Waals surface area contributed by atoms with Crippen LogP contribution in [0.3, 0.4) is 0 Å². The summed E-state index contributed by atoms with van der Waals surface area (Å²) in [4.78, 5) is 63.9. The molecule has 0 aliphatic heterocycles. The quantitative estimate of drug-likeness (QED) is 0.191. The van der Waals surface area contributed by atoms with Crippen LogP contribution in [-0.2, 0) is 30.4 Å². The molecule has 0 radical (unpaired) electrons. The number of amides is 4. The number of hydrogen-bond donors (Lipinski definition) is 7. The molecule has 0 fully saturated rings. The summed E-state index contributed by atoms with van der Waals surface area (Å²) >= 11 is 0. The van der Waals surface area contributed by atoms with E-state index >= 15 is 0 Å². The molecule has 0 bridgehead atoms. The van der Waals surface area contributed by atoms with Gasteiger partial charge in [-0.1, -0.05) is 32.0 Å². The van der Waals surface area contributed by atoms with E-state index < -0.39 is 59.7 Å². The molecule has 9 N–H and O–H groups in total. The van der Waals surface area contributed by atoms with Crippen LogP contribution in [0.1, 0.15) is 39.2 Å². The van der Waals surface area contributed by atoms with E-state index in [1.807, 2.05) is 24.3 Å². The number of carbonyl (C=O) groups excluding carboxylic acids is 4. The van der Waals surface area contributed by atoms with Gasteiger partial charge in [0.1, 0.15) is 18.1 Å². The molecule has 1 aromatic carbocycles. The Balaban J connectivity index is 2.18. The minimum atomic E-state index is -1.19. The Morgan fingerprint density at radius 3 is 2.25 bits per heavy atom. The summed E-state index contributed by atoms with van der Waals surface area (Å²) in [6.45, 7) is 4.74. The van der Waals surface area contributed by atoms with Gasteiger partial charge in [0.25, 0.3) is 0 Å². The van der Waals surface area contributed by atoms with Gasteiger partial charge in [-0.15, -0.1) is 0 Å². The van der Waals surface area contributed by atoms with Gasteiger partial charge in [-0.05, 0) is 30.9 Å². The van der Waals surface area contributed by atoms with Crippen LogP contribution in [0.2, 0.25) is 0 Å². The van der Waals surface area contributed by atoms with Crippen molar-refractivity contribution in [2.75, 3.05) is 0 Å². The molecule has 1 heterocycles. The molecule has 4 atom stereocenters. The minimum absolute atomic E-state index is 0.0207. The molecule has 0 spiro atoms. The van der Waals surface area contributed by atoms with Crippen molar-refractivity contribution in [2.45, 2.75) is 64.2 Å². The Morgan fingerprint density at radius 1 is 0.972 bits per heavy atom. The van der Waals surface area contributed by atoms with Crippen molar-refractivity contribution in [3.05, 3.63) is 36.0 Å². The predicted octanol–water partition coefficient (Wildman–Crippen LogP) is -0.482. The van der Waals surface area contributed by atoms with E-state index in [1.54, 1.807) is 20.0 Å². The third kappa shape index (κ3) is 7.80. The number of carboxylic acid groups (broad SMARTS) is 1. The monoisotopic (exact) mass is 502 g/mol. The van der Waals surface area contributed by atoms with Crippen molar-refractivity contribution in [2.24, 2.45) is 17.4 Å². The number of fused-ring (bicyclic) bond motifs is 1. The average molecular weight is 503 g/mol. The lowest BCUT2D eigenvalue weighted by Gasteiger charge is -2.25. The van der Waals surface area contributed by atoms with Crippen molar-refractivity contribution in [1.82, 2.24) is 20.9 Å². The summed E-state index contributed by atoms with van der Waals surface area (Å²) < 4.78 is 0. The van der Waals surface area contributed by atoms with Crippen LogP contribution in [-0.4, -0.2) is 63.9 Å². The number of aliphatic carboxylic acids is 1. The first kappa shape index (κ1) is 28.3. The maximum atomic E-state index is 13.1. The largest absolute Gasteiger partial charge is 0.480 e. The van der Waals surface area contributed by atoms with Gasteiger partial charge in [0.2, 0.25) is 23.6 Å². The normalized spacial score (nSPS) is 14.5. The molecule has 12 heteroatoms. The highest BCUT2D eigenvalue weighted by Gasteiger charge is 2.30. The number of nitrogens with two attached hydrogens (primary N) is 2. The van der Waals surface area contributed by atoms with Crippen molar-refractivity contribution in [3.8, 4) is 0 Å². The molecule has 0 saturated carbocycles. The van der Waals surface area contributed by atoms with Crippen LogP contribution in [0.25, 0.3) is 10.9 Å². The Bertz CT molecular complexity index is 1110. The van der Waals surface area contributed by atoms with E-state index in [2.05, 4.69) is 20.9 Å². The molecular weight excluding hydrogens is 468 g/mol. The molecule has 196 valence electrons. The summed E-state index contributed by atoms with van der Waals surface area (Å²) in [5, 5.41) is 17.9. The minimum Gasteiger partial charge on any atom is -0.480 e. The van der Waals surface area contributed by atoms with E-state index in [0.717, 1.165) is 16.5 Å². The molecule has 4 unspecified atom stereocenters. The number of benzene rings is 1. The zero-order valence-corrected chi connectivity index (χ0v) is 20.5. The van der Waals surface area contributed by atoms with Crippen LogP contribution in [0.15, 0.2) is 30.5 Å². The Hall–Kier alpha value is -3.93. The molecule has 2 rings (SSSR count). The van der Waals surface area contributed by atoms with Crippen LogP contribution >= 0.6 is 0 Å². The van der Waals surface area contributed by atoms with E-state index in [1.165, 1.54) is 6.92 Å². The van der Waals surface area contributed by atoms with Crippen molar-refractivity contribution < 1.29 is 29.1 Å². The highest BCUT2D eigenvalue weighted by atomic mass is 16.4. The lowest BCUT2D eigenvalue weighted by Crippen LogP contribution is -2.57. The molecule has 36 heavy (non-hydrogen) atoms. The molecule has 0 saturated heterocycles. The number of primary amides is 1. The number of rotatable bonds is 13. The van der Waals surface area contributed by atoms with E-state index in [9.17, 15) is 29.1 Å². The van der Waals surface area contributed by atoms with Crippen LogP contribution < -0.4 is 27.4 Å². The summed E-state index contributed by atoms with van der Waals surface area (Å²) in [5.41, 5.74) is 12.4. The lowest BCUT2D eigenvalue weighted by atomic mass is 10.0. The van der Waals surface area contributed by atoms with Crippen LogP contribution in [0, 0.1) is 5.92 Å². The topological polar surface area (TPSA) is 209 Å². The third-order valence-electron chi connectivity index (χ3n) is 5.75. The summed E-state index contributed by atoms with van der Waals surface area (Å²) in [7, 11) is 0. The van der Waals surface area contributed by atoms with Gasteiger partial charge in [-0.25, -0.2) is 4.79 Å². The number of carboxylic acids is 1. The van der Waals surface area contributed by atoms with Crippen LogP contribution in [0.4, 0.5) is 0 Å². The zero-order valence-electron chi connectivity index (χ0n) is 20.5. The molecule has 12 nitrogen and oxygen atoms in total. The first-order valence-corrected chi connectivity index (χ1v) is 11.6. The molecule has 4 amide bonds. The standard InChI is InChI=1S/C24H34N6O6/c1-12(2)20(24(35)36)30-23(34)18(10-14-11-27-17-7-5-4-6-15(14)17)29-21(32)13(3)28-22(33)16(25)8-9-19(26)31/h4-7,11-13,16,18,20,27H,8-10,25H2,1-3H3,(H2,26,31)(H,28,33)(H,29,32)(H,30,34)(H,35,36). The summed E-state index contributed by atoms with van der Waals surface area (Å²) in [6, 6.07) is 3.04. The van der Waals surface area contributed by atoms with Gasteiger partial charge in [0.05, 0.1) is 6.04 Å². The van der Waals surface area contributed by atoms with Gasteiger partial charge in [-0.2, -0.15) is 0 Å². The molecular formula is C24H34N6O6. The Kier molecular flexibility index (Phi) is 9.97. The maximum absolute atomic E-state index is 13.1. The molecule has 2 aromatic rings. The maximum Gasteiger partial charge on any atom is 0.326 e. The second-order valence-corrected chi connectivity index (χ2v) is 9.04. The van der Waals surface area contributed by atoms with Gasteiger partial charge < -0.3 is 37.5 Å². The number of aromatic amines is 1. The SMILES string of the molecule is CC(NC(=O)C(N)CCC(N)=O)C(=O)NC(Cc1c[nH]c2ccccc12)C(=O)NC(C(=O)O)C(C)C. The number of H-pyrrole nitrogens is 1. The molecule has 0 aliphatic carbocycles. The van der Waals surface area contributed by atoms with E-state index in [-0.39, 0.29) is 19.3 Å². The fourth-order valence-electron chi connectivity index (χ4n) is 3.61. The van der Waals surface area contributed by atoms with Crippen LogP contribution in [0.5, 0.6) is 0 Å². The number of nitrogens with one attached hydrogen (secondary N) is 4. The number of carbonyl (C=O) groups is 5. The average Bonchev–Trinajstić information content (AvgIpc) is 3.22. The van der Waals surface area contributed by atoms with Crippen molar-refractivity contribution in [1.29, 1.82) is 0 Å². The lowest BCUT2D eigenvalue weighted by molar-refractivity contribution is -0.143. The van der Waals surface area contributed by atoms with E-state index in [0.29, 0.717) is 0 Å². The Morgan fingerprint density at radius 2 is 1.64 bits per heavy atom. The van der Waals surface area contributed by atoms with Crippen molar-refractivity contribution in [3.63, 3.8) is 0 Å². The first-order chi connectivity index (χ1) is 16.9. The molecule has 0 aliphatic rings. The van der Waals surface area contributed by atoms with Crippen molar-refractivity contribution >= 4 is 40.5 Å². The Labute approximate surface area is 208 Å². The smallest absolute Gasteiger partial charge is 0.326 e. The third-order valence-corrected chi connectivity index (χ3v) is 5.75. The van der Waals surface area contributed by atoms with Gasteiger partial charge >= 0.3 is 5.97 Å². The van der Waals surface area contributed by atoms with E-state index in [4.69, 9.17) is 11.5 Å². The van der Waals surface area contributed by atoms with Gasteiger partial charge in [-0.3, -0.25) is 19.2 Å². The molecule has 1 aromatic heterocycles. The highest BCUT2D eigenvalue weighted by Crippen LogP contribution is 2.19. The fraction of sp³-hybridized carbons (Fsp3) is 0.458. The van der Waals surface area contributed by atoms with Gasteiger partial charge in [0, 0.05) is 29.9 Å². The summed E-state index contributed by atoms with van der Waals surface area (Å²) in [5.74, 6) is -4.18.